The standard InChI is InChI=1S/C11H10ClN3OS/c12-9-5-15-10(17-9)6-14-8-3-1-2-7(4-8)11(13)16/h1-5,14H,6H2,(H2,13,16). The fourth-order valence-corrected chi connectivity index (χ4v) is 2.23. The summed E-state index contributed by atoms with van der Waals surface area (Å²) < 4.78 is 0.660. The first-order chi connectivity index (χ1) is 8.15. The van der Waals surface area contributed by atoms with Gasteiger partial charge in [-0.2, -0.15) is 0 Å². The Labute approximate surface area is 107 Å². The predicted octanol–water partition coefficient (Wildman–Crippen LogP) is 2.51. The summed E-state index contributed by atoms with van der Waals surface area (Å²) in [7, 11) is 0. The van der Waals surface area contributed by atoms with E-state index in [0.717, 1.165) is 10.7 Å². The maximum Gasteiger partial charge on any atom is 0.248 e. The van der Waals surface area contributed by atoms with E-state index in [1.54, 1.807) is 24.4 Å². The van der Waals surface area contributed by atoms with Crippen molar-refractivity contribution in [1.29, 1.82) is 0 Å². The second kappa shape index (κ2) is 5.16. The first-order valence-corrected chi connectivity index (χ1v) is 6.08. The number of rotatable bonds is 4. The van der Waals surface area contributed by atoms with Crippen molar-refractivity contribution in [3.8, 4) is 0 Å². The monoisotopic (exact) mass is 267 g/mol. The molecule has 6 heteroatoms. The van der Waals surface area contributed by atoms with E-state index in [0.29, 0.717) is 16.4 Å². The lowest BCUT2D eigenvalue weighted by Crippen LogP contribution is -2.11. The Morgan fingerprint density at radius 3 is 3.00 bits per heavy atom. The van der Waals surface area contributed by atoms with Gasteiger partial charge in [-0.1, -0.05) is 17.7 Å². The molecule has 0 unspecified atom stereocenters. The summed E-state index contributed by atoms with van der Waals surface area (Å²) in [5.74, 6) is -0.439. The average molecular weight is 268 g/mol. The van der Waals surface area contributed by atoms with Crippen LogP contribution in [0, 0.1) is 0 Å². The average Bonchev–Trinajstić information content (AvgIpc) is 2.73. The van der Waals surface area contributed by atoms with Gasteiger partial charge in [0.15, 0.2) is 0 Å². The number of thiazole rings is 1. The highest BCUT2D eigenvalue weighted by Gasteiger charge is 2.02. The second-order valence-electron chi connectivity index (χ2n) is 3.36. The third kappa shape index (κ3) is 3.18. The largest absolute Gasteiger partial charge is 0.379 e. The molecule has 2 rings (SSSR count). The van der Waals surface area contributed by atoms with E-state index in [4.69, 9.17) is 17.3 Å². The smallest absolute Gasteiger partial charge is 0.248 e. The van der Waals surface area contributed by atoms with Gasteiger partial charge < -0.3 is 11.1 Å². The fourth-order valence-electron chi connectivity index (χ4n) is 1.33. The Kier molecular flexibility index (Phi) is 3.61. The van der Waals surface area contributed by atoms with Crippen molar-refractivity contribution < 1.29 is 4.79 Å². The van der Waals surface area contributed by atoms with E-state index in [1.807, 2.05) is 6.07 Å². The number of hydrogen-bond donors (Lipinski definition) is 2. The number of hydrogen-bond acceptors (Lipinski definition) is 4. The number of nitrogens with two attached hydrogens (primary N) is 1. The van der Waals surface area contributed by atoms with Gasteiger partial charge in [0.25, 0.3) is 0 Å². The quantitative estimate of drug-likeness (QED) is 0.894. The Morgan fingerprint density at radius 2 is 2.35 bits per heavy atom. The third-order valence-electron chi connectivity index (χ3n) is 2.12. The van der Waals surface area contributed by atoms with Crippen LogP contribution in [0.25, 0.3) is 0 Å². The Morgan fingerprint density at radius 1 is 1.53 bits per heavy atom. The summed E-state index contributed by atoms with van der Waals surface area (Å²) in [6.07, 6.45) is 1.61. The molecule has 1 aromatic heterocycles. The maximum absolute atomic E-state index is 11.0. The highest BCUT2D eigenvalue weighted by Crippen LogP contribution is 2.19. The maximum atomic E-state index is 11.0. The van der Waals surface area contributed by atoms with Crippen LogP contribution in [0.1, 0.15) is 15.4 Å². The number of amides is 1. The molecule has 0 spiro atoms. The molecule has 2 aromatic rings. The molecule has 17 heavy (non-hydrogen) atoms. The third-order valence-corrected chi connectivity index (χ3v) is 3.23. The lowest BCUT2D eigenvalue weighted by Gasteiger charge is -2.05. The Bertz CT molecular complexity index is 541. The van der Waals surface area contributed by atoms with Crippen molar-refractivity contribution in [2.24, 2.45) is 5.73 Å². The van der Waals surface area contributed by atoms with Gasteiger partial charge in [0.2, 0.25) is 5.91 Å². The summed E-state index contributed by atoms with van der Waals surface area (Å²) in [4.78, 5) is 15.1. The number of carbonyl (C=O) groups is 1. The number of primary amides is 1. The second-order valence-corrected chi connectivity index (χ2v) is 5.10. The minimum atomic E-state index is -0.439. The normalized spacial score (nSPS) is 10.2. The molecule has 1 amide bonds. The van der Waals surface area contributed by atoms with Gasteiger partial charge in [-0.05, 0) is 18.2 Å². The molecule has 0 aliphatic rings. The minimum absolute atomic E-state index is 0.439. The van der Waals surface area contributed by atoms with Crippen LogP contribution >= 0.6 is 22.9 Å². The van der Waals surface area contributed by atoms with Crippen molar-refractivity contribution in [2.75, 3.05) is 5.32 Å². The highest BCUT2D eigenvalue weighted by molar-refractivity contribution is 7.15. The predicted molar refractivity (Wildman–Crippen MR) is 69.4 cm³/mol. The zero-order valence-electron chi connectivity index (χ0n) is 8.81. The van der Waals surface area contributed by atoms with Gasteiger partial charge in [0.05, 0.1) is 12.7 Å². The van der Waals surface area contributed by atoms with Crippen LogP contribution in [0.2, 0.25) is 4.34 Å². The van der Waals surface area contributed by atoms with E-state index < -0.39 is 5.91 Å². The van der Waals surface area contributed by atoms with Gasteiger partial charge in [-0.25, -0.2) is 4.98 Å². The van der Waals surface area contributed by atoms with Crippen LogP contribution in [-0.4, -0.2) is 10.9 Å². The van der Waals surface area contributed by atoms with Crippen molar-refractivity contribution in [3.05, 3.63) is 45.4 Å². The molecule has 88 valence electrons. The van der Waals surface area contributed by atoms with Crippen LogP contribution in [0.3, 0.4) is 0 Å². The van der Waals surface area contributed by atoms with E-state index in [9.17, 15) is 4.79 Å². The van der Waals surface area contributed by atoms with E-state index >= 15 is 0 Å². The van der Waals surface area contributed by atoms with Crippen LogP contribution in [-0.2, 0) is 6.54 Å². The highest BCUT2D eigenvalue weighted by atomic mass is 35.5. The fraction of sp³-hybridized carbons (Fsp3) is 0.0909. The summed E-state index contributed by atoms with van der Waals surface area (Å²) in [5.41, 5.74) is 6.50. The molecule has 0 aliphatic carbocycles. The number of carbonyl (C=O) groups excluding carboxylic acids is 1. The number of nitrogens with zero attached hydrogens (tertiary/aromatic N) is 1. The van der Waals surface area contributed by atoms with Crippen LogP contribution in [0.4, 0.5) is 5.69 Å². The number of halogens is 1. The van der Waals surface area contributed by atoms with Crippen molar-refractivity contribution >= 4 is 34.5 Å². The number of anilines is 1. The first kappa shape index (κ1) is 11.9. The number of aromatic nitrogens is 1. The van der Waals surface area contributed by atoms with Crippen LogP contribution in [0.15, 0.2) is 30.5 Å². The number of benzene rings is 1. The molecule has 0 bridgehead atoms. The first-order valence-electron chi connectivity index (χ1n) is 4.89. The molecule has 1 heterocycles. The molecule has 3 N–H and O–H groups in total. The molecule has 0 aliphatic heterocycles. The summed E-state index contributed by atoms with van der Waals surface area (Å²) >= 11 is 7.19. The molecule has 0 saturated heterocycles. The van der Waals surface area contributed by atoms with Crippen LogP contribution < -0.4 is 11.1 Å². The Hall–Kier alpha value is -1.59. The molecular weight excluding hydrogens is 258 g/mol. The SMILES string of the molecule is NC(=O)c1cccc(NCc2ncc(Cl)s2)c1. The Balaban J connectivity index is 2.04. The molecule has 0 atom stereocenters. The van der Waals surface area contributed by atoms with Gasteiger partial charge in [0.1, 0.15) is 9.34 Å². The topological polar surface area (TPSA) is 68.0 Å². The van der Waals surface area contributed by atoms with Gasteiger partial charge >= 0.3 is 0 Å². The molecule has 4 nitrogen and oxygen atoms in total. The summed E-state index contributed by atoms with van der Waals surface area (Å²) in [6.45, 7) is 0.569. The molecule has 0 radical (unpaired) electrons. The van der Waals surface area contributed by atoms with Gasteiger partial charge in [-0.15, -0.1) is 11.3 Å². The van der Waals surface area contributed by atoms with Gasteiger partial charge in [-0.3, -0.25) is 4.79 Å². The molecule has 0 fully saturated rings. The van der Waals surface area contributed by atoms with Crippen LogP contribution in [0.5, 0.6) is 0 Å². The lowest BCUT2D eigenvalue weighted by atomic mass is 10.2. The molecule has 1 aromatic carbocycles. The van der Waals surface area contributed by atoms with Crippen molar-refractivity contribution in [2.45, 2.75) is 6.54 Å². The van der Waals surface area contributed by atoms with E-state index in [1.165, 1.54) is 11.3 Å². The minimum Gasteiger partial charge on any atom is -0.379 e. The molecule has 0 saturated carbocycles. The van der Waals surface area contributed by atoms with Gasteiger partial charge in [0, 0.05) is 11.3 Å². The lowest BCUT2D eigenvalue weighted by molar-refractivity contribution is 0.100. The number of nitrogens with one attached hydrogen (secondary N) is 1. The van der Waals surface area contributed by atoms with E-state index in [2.05, 4.69) is 10.3 Å². The van der Waals surface area contributed by atoms with E-state index in [-0.39, 0.29) is 0 Å². The van der Waals surface area contributed by atoms with Crippen molar-refractivity contribution in [1.82, 2.24) is 4.98 Å². The van der Waals surface area contributed by atoms with Crippen molar-refractivity contribution in [3.63, 3.8) is 0 Å². The molecular formula is C11H10ClN3OS. The zero-order chi connectivity index (χ0) is 12.3. The summed E-state index contributed by atoms with van der Waals surface area (Å²) in [5, 5.41) is 4.04. The zero-order valence-corrected chi connectivity index (χ0v) is 10.4. The summed E-state index contributed by atoms with van der Waals surface area (Å²) in [6, 6.07) is 7.02.